The molecule has 4 heteroatoms. The van der Waals surface area contributed by atoms with Crippen LogP contribution < -0.4 is 10.1 Å². The summed E-state index contributed by atoms with van der Waals surface area (Å²) >= 11 is 0. The number of nitrogens with zero attached hydrogens (tertiary/aromatic N) is 2. The van der Waals surface area contributed by atoms with Crippen molar-refractivity contribution in [3.05, 3.63) is 11.9 Å². The molecule has 1 rings (SSSR count). The van der Waals surface area contributed by atoms with Crippen LogP contribution in [-0.4, -0.2) is 23.1 Å². The molecule has 0 bridgehead atoms. The lowest BCUT2D eigenvalue weighted by Gasteiger charge is -2.19. The summed E-state index contributed by atoms with van der Waals surface area (Å²) in [5, 5.41) is 3.22. The van der Waals surface area contributed by atoms with Crippen molar-refractivity contribution in [3.8, 4) is 5.88 Å². The molecule has 0 aliphatic heterocycles. The highest BCUT2D eigenvalue weighted by Gasteiger charge is 2.19. The van der Waals surface area contributed by atoms with Gasteiger partial charge in [-0.1, -0.05) is 34.6 Å². The van der Waals surface area contributed by atoms with Gasteiger partial charge in [-0.3, -0.25) is 0 Å². The fraction of sp³-hybridized carbons (Fsp3) is 0.714. The number of rotatable bonds is 5. The molecular formula is C14H25N3O. The molecule has 102 valence electrons. The zero-order valence-corrected chi connectivity index (χ0v) is 12.4. The molecular weight excluding hydrogens is 226 g/mol. The number of hydrogen-bond acceptors (Lipinski definition) is 4. The van der Waals surface area contributed by atoms with Gasteiger partial charge in [-0.25, -0.2) is 4.98 Å². The van der Waals surface area contributed by atoms with Crippen molar-refractivity contribution in [3.63, 3.8) is 0 Å². The van der Waals surface area contributed by atoms with E-state index in [2.05, 4.69) is 49.9 Å². The van der Waals surface area contributed by atoms with Gasteiger partial charge >= 0.3 is 0 Å². The standard InChI is InChI=1S/C14H25N3O/c1-7-15-11-8-12(18-9-10(2)3)17-13(16-11)14(4,5)6/h8,10H,7,9H2,1-6H3,(H,15,16,17). The SMILES string of the molecule is CCNc1cc(OCC(C)C)nc(C(C)(C)C)n1. The molecule has 0 radical (unpaired) electrons. The van der Waals surface area contributed by atoms with Crippen LogP contribution in [0.1, 0.15) is 47.4 Å². The van der Waals surface area contributed by atoms with Crippen molar-refractivity contribution in [2.45, 2.75) is 47.0 Å². The Labute approximate surface area is 110 Å². The summed E-state index contributed by atoms with van der Waals surface area (Å²) in [4.78, 5) is 9.00. The van der Waals surface area contributed by atoms with Gasteiger partial charge in [-0.15, -0.1) is 0 Å². The summed E-state index contributed by atoms with van der Waals surface area (Å²) in [6.07, 6.45) is 0. The molecule has 18 heavy (non-hydrogen) atoms. The van der Waals surface area contributed by atoms with Crippen LogP contribution in [0.2, 0.25) is 0 Å². The molecule has 0 saturated carbocycles. The van der Waals surface area contributed by atoms with Gasteiger partial charge in [0.15, 0.2) is 0 Å². The molecule has 1 aromatic rings. The number of ether oxygens (including phenoxy) is 1. The molecule has 4 nitrogen and oxygen atoms in total. The van der Waals surface area contributed by atoms with Crippen LogP contribution in [0.4, 0.5) is 5.82 Å². The quantitative estimate of drug-likeness (QED) is 0.872. The van der Waals surface area contributed by atoms with Crippen LogP contribution in [-0.2, 0) is 5.41 Å². The lowest BCUT2D eigenvalue weighted by Crippen LogP contribution is -2.18. The van der Waals surface area contributed by atoms with E-state index < -0.39 is 0 Å². The third-order valence-corrected chi connectivity index (χ3v) is 2.30. The van der Waals surface area contributed by atoms with Crippen LogP contribution in [0.25, 0.3) is 0 Å². The number of hydrogen-bond donors (Lipinski definition) is 1. The van der Waals surface area contributed by atoms with E-state index in [1.165, 1.54) is 0 Å². The maximum atomic E-state index is 5.70. The molecule has 0 atom stereocenters. The molecule has 0 spiro atoms. The molecule has 0 aliphatic rings. The number of nitrogens with one attached hydrogen (secondary N) is 1. The van der Waals surface area contributed by atoms with Gasteiger partial charge in [0, 0.05) is 18.0 Å². The van der Waals surface area contributed by atoms with Crippen molar-refractivity contribution in [2.24, 2.45) is 5.92 Å². The van der Waals surface area contributed by atoms with Crippen molar-refractivity contribution >= 4 is 5.82 Å². The van der Waals surface area contributed by atoms with Gasteiger partial charge in [0.2, 0.25) is 5.88 Å². The molecule has 0 aliphatic carbocycles. The van der Waals surface area contributed by atoms with Crippen LogP contribution in [0.15, 0.2) is 6.07 Å². The molecule has 0 amide bonds. The summed E-state index contributed by atoms with van der Waals surface area (Å²) in [7, 11) is 0. The third kappa shape index (κ3) is 4.51. The maximum absolute atomic E-state index is 5.70. The number of anilines is 1. The second-order valence-corrected chi connectivity index (χ2v) is 5.90. The maximum Gasteiger partial charge on any atom is 0.218 e. The minimum Gasteiger partial charge on any atom is -0.477 e. The first-order valence-corrected chi connectivity index (χ1v) is 6.59. The molecule has 0 saturated heterocycles. The van der Waals surface area contributed by atoms with Crippen molar-refractivity contribution in [1.29, 1.82) is 0 Å². The Hall–Kier alpha value is -1.32. The monoisotopic (exact) mass is 251 g/mol. The Balaban J connectivity index is 2.98. The predicted molar refractivity (Wildman–Crippen MR) is 75.2 cm³/mol. The highest BCUT2D eigenvalue weighted by molar-refractivity contribution is 5.39. The van der Waals surface area contributed by atoms with Crippen molar-refractivity contribution < 1.29 is 4.74 Å². The Kier molecular flexibility index (Phi) is 4.93. The third-order valence-electron chi connectivity index (χ3n) is 2.30. The Morgan fingerprint density at radius 3 is 2.44 bits per heavy atom. The van der Waals surface area contributed by atoms with Crippen LogP contribution in [0, 0.1) is 5.92 Å². The summed E-state index contributed by atoms with van der Waals surface area (Å²) < 4.78 is 5.70. The van der Waals surface area contributed by atoms with Crippen molar-refractivity contribution in [1.82, 2.24) is 9.97 Å². The second kappa shape index (κ2) is 6.03. The van der Waals surface area contributed by atoms with Gasteiger partial charge in [0.05, 0.1) is 6.61 Å². The Morgan fingerprint density at radius 1 is 1.28 bits per heavy atom. The smallest absolute Gasteiger partial charge is 0.218 e. The second-order valence-electron chi connectivity index (χ2n) is 5.90. The molecule has 0 fully saturated rings. The van der Waals surface area contributed by atoms with Crippen LogP contribution in [0.3, 0.4) is 0 Å². The van der Waals surface area contributed by atoms with Gasteiger partial charge in [0.1, 0.15) is 11.6 Å². The first-order valence-electron chi connectivity index (χ1n) is 6.59. The minimum absolute atomic E-state index is 0.0820. The topological polar surface area (TPSA) is 47.0 Å². The summed E-state index contributed by atoms with van der Waals surface area (Å²) in [6, 6.07) is 1.86. The van der Waals surface area contributed by atoms with E-state index in [9.17, 15) is 0 Å². The van der Waals surface area contributed by atoms with Gasteiger partial charge in [-0.2, -0.15) is 4.98 Å². The number of aromatic nitrogens is 2. The van der Waals surface area contributed by atoms with Crippen molar-refractivity contribution in [2.75, 3.05) is 18.5 Å². The van der Waals surface area contributed by atoms with E-state index in [1.807, 2.05) is 13.0 Å². The summed E-state index contributed by atoms with van der Waals surface area (Å²) in [5.41, 5.74) is -0.0820. The normalized spacial score (nSPS) is 11.7. The largest absolute Gasteiger partial charge is 0.477 e. The average Bonchev–Trinajstić information content (AvgIpc) is 2.25. The van der Waals surface area contributed by atoms with E-state index >= 15 is 0 Å². The van der Waals surface area contributed by atoms with E-state index in [0.717, 1.165) is 18.2 Å². The predicted octanol–water partition coefficient (Wildman–Crippen LogP) is 3.24. The van der Waals surface area contributed by atoms with Crippen LogP contribution in [0.5, 0.6) is 5.88 Å². The Bertz CT molecular complexity index is 383. The van der Waals surface area contributed by atoms with E-state index in [-0.39, 0.29) is 5.41 Å². The minimum atomic E-state index is -0.0820. The zero-order chi connectivity index (χ0) is 13.8. The Morgan fingerprint density at radius 2 is 1.94 bits per heavy atom. The van der Waals surface area contributed by atoms with Gasteiger partial charge in [0.25, 0.3) is 0 Å². The lowest BCUT2D eigenvalue weighted by molar-refractivity contribution is 0.259. The van der Waals surface area contributed by atoms with Gasteiger partial charge < -0.3 is 10.1 Å². The van der Waals surface area contributed by atoms with E-state index in [4.69, 9.17) is 4.74 Å². The molecule has 1 heterocycles. The zero-order valence-electron chi connectivity index (χ0n) is 12.4. The highest BCUT2D eigenvalue weighted by Crippen LogP contribution is 2.23. The lowest BCUT2D eigenvalue weighted by atomic mass is 9.96. The first kappa shape index (κ1) is 14.7. The fourth-order valence-electron chi connectivity index (χ4n) is 1.36. The summed E-state index contributed by atoms with van der Waals surface area (Å²) in [5.74, 6) is 2.77. The highest BCUT2D eigenvalue weighted by atomic mass is 16.5. The first-order chi connectivity index (χ1) is 8.32. The molecule has 1 aromatic heterocycles. The molecule has 0 aromatic carbocycles. The average molecular weight is 251 g/mol. The van der Waals surface area contributed by atoms with E-state index in [1.54, 1.807) is 0 Å². The van der Waals surface area contributed by atoms with Crippen LogP contribution >= 0.6 is 0 Å². The summed E-state index contributed by atoms with van der Waals surface area (Å²) in [6.45, 7) is 14.1. The van der Waals surface area contributed by atoms with E-state index in [0.29, 0.717) is 18.4 Å². The fourth-order valence-corrected chi connectivity index (χ4v) is 1.36. The molecule has 1 N–H and O–H groups in total. The molecule has 0 unspecified atom stereocenters. The van der Waals surface area contributed by atoms with Gasteiger partial charge in [-0.05, 0) is 12.8 Å².